The molecule has 1 saturated heterocycles. The second-order valence-electron chi connectivity index (χ2n) is 7.19. The fraction of sp³-hybridized carbons (Fsp3) is 0.684. The van der Waals surface area contributed by atoms with Crippen LogP contribution in [0.2, 0.25) is 0 Å². The summed E-state index contributed by atoms with van der Waals surface area (Å²) in [5.74, 6) is 0.735. The summed E-state index contributed by atoms with van der Waals surface area (Å²) in [5, 5.41) is 0. The molecule has 0 bridgehead atoms. The van der Waals surface area contributed by atoms with E-state index in [9.17, 15) is 13.2 Å². The lowest BCUT2D eigenvalue weighted by Crippen LogP contribution is -2.46. The molecule has 0 saturated carbocycles. The van der Waals surface area contributed by atoms with Crippen molar-refractivity contribution in [3.63, 3.8) is 0 Å². The topological polar surface area (TPSA) is 6.48 Å². The first-order valence-corrected chi connectivity index (χ1v) is 9.54. The fourth-order valence-corrected chi connectivity index (χ4v) is 3.92. The van der Waals surface area contributed by atoms with Gasteiger partial charge < -0.3 is 9.80 Å². The van der Waals surface area contributed by atoms with Crippen LogP contribution >= 0.6 is 11.6 Å². The molecule has 0 unspecified atom stereocenters. The second-order valence-corrected chi connectivity index (χ2v) is 7.45. The van der Waals surface area contributed by atoms with Crippen molar-refractivity contribution < 1.29 is 13.2 Å². The number of likely N-dealkylation sites (tertiary alicyclic amines) is 1. The molecule has 2 nitrogen and oxygen atoms in total. The highest BCUT2D eigenvalue weighted by Gasteiger charge is 2.32. The molecule has 1 aliphatic rings. The molecule has 1 heterocycles. The van der Waals surface area contributed by atoms with Crippen LogP contribution < -0.4 is 4.90 Å². The van der Waals surface area contributed by atoms with Gasteiger partial charge in [0, 0.05) is 43.8 Å². The molecule has 0 spiro atoms. The molecule has 0 radical (unpaired) electrons. The van der Waals surface area contributed by atoms with E-state index in [1.165, 1.54) is 12.1 Å². The van der Waals surface area contributed by atoms with Crippen LogP contribution in [0.15, 0.2) is 18.2 Å². The van der Waals surface area contributed by atoms with Gasteiger partial charge in [-0.05, 0) is 49.4 Å². The lowest BCUT2D eigenvalue weighted by atomic mass is 9.99. The zero-order valence-electron chi connectivity index (χ0n) is 15.2. The highest BCUT2D eigenvalue weighted by atomic mass is 35.5. The first kappa shape index (κ1) is 20.4. The molecular weight excluding hydrogens is 349 g/mol. The van der Waals surface area contributed by atoms with Crippen LogP contribution in [0.3, 0.4) is 0 Å². The van der Waals surface area contributed by atoms with Crippen LogP contribution in [0.1, 0.15) is 44.7 Å². The Hall–Kier alpha value is -0.940. The van der Waals surface area contributed by atoms with Crippen LogP contribution in [-0.4, -0.2) is 37.1 Å². The van der Waals surface area contributed by atoms with Crippen molar-refractivity contribution in [1.82, 2.24) is 4.90 Å². The molecule has 142 valence electrons. The number of anilines is 1. The number of alkyl halides is 4. The molecule has 6 heteroatoms. The zero-order valence-corrected chi connectivity index (χ0v) is 16.0. The Morgan fingerprint density at radius 2 is 1.88 bits per heavy atom. The molecule has 0 N–H and O–H groups in total. The van der Waals surface area contributed by atoms with Gasteiger partial charge in [-0.3, -0.25) is 0 Å². The van der Waals surface area contributed by atoms with Gasteiger partial charge in [0.1, 0.15) is 0 Å². The highest BCUT2D eigenvalue weighted by Crippen LogP contribution is 2.35. The molecule has 0 atom stereocenters. The molecule has 1 aromatic carbocycles. The van der Waals surface area contributed by atoms with Crippen molar-refractivity contribution in [2.75, 3.05) is 31.1 Å². The SMILES string of the molecule is CCN(c1ccc(C(F)(F)F)cc1CCl)C1CCN(CC(C)C)CC1. The standard InChI is InChI=1S/C19H28ClF3N2/c1-4-25(17-7-9-24(10-8-17)13-14(2)3)18-6-5-16(19(21,22)23)11-15(18)12-20/h5-6,11,14,17H,4,7-10,12-13H2,1-3H3. The Kier molecular flexibility index (Phi) is 7.03. The smallest absolute Gasteiger partial charge is 0.368 e. The Bertz CT molecular complexity index is 552. The van der Waals surface area contributed by atoms with Crippen LogP contribution in [0.4, 0.5) is 18.9 Å². The number of rotatable bonds is 6. The summed E-state index contributed by atoms with van der Waals surface area (Å²) in [5.41, 5.74) is 0.769. The van der Waals surface area contributed by atoms with Gasteiger partial charge in [0.15, 0.2) is 0 Å². The van der Waals surface area contributed by atoms with E-state index in [1.54, 1.807) is 6.07 Å². The van der Waals surface area contributed by atoms with Gasteiger partial charge in [-0.15, -0.1) is 11.6 Å². The first-order valence-electron chi connectivity index (χ1n) is 9.01. The van der Waals surface area contributed by atoms with Gasteiger partial charge in [0.05, 0.1) is 5.56 Å². The summed E-state index contributed by atoms with van der Waals surface area (Å²) in [6.07, 6.45) is -2.27. The minimum atomic E-state index is -4.33. The molecule has 0 aliphatic carbocycles. The zero-order chi connectivity index (χ0) is 18.6. The molecule has 25 heavy (non-hydrogen) atoms. The number of piperidine rings is 1. The summed E-state index contributed by atoms with van der Waals surface area (Å²) >= 11 is 5.97. The summed E-state index contributed by atoms with van der Waals surface area (Å²) in [6, 6.07) is 4.30. The van der Waals surface area contributed by atoms with Crippen LogP contribution in [0, 0.1) is 5.92 Å². The van der Waals surface area contributed by atoms with E-state index in [-0.39, 0.29) is 5.88 Å². The number of hydrogen-bond acceptors (Lipinski definition) is 2. The molecule has 1 aliphatic heterocycles. The van der Waals surface area contributed by atoms with Crippen molar-refractivity contribution in [2.45, 2.75) is 51.7 Å². The summed E-state index contributed by atoms with van der Waals surface area (Å²) in [4.78, 5) is 4.70. The third kappa shape index (κ3) is 5.27. The Morgan fingerprint density at radius 1 is 1.24 bits per heavy atom. The van der Waals surface area contributed by atoms with Gasteiger partial charge in [-0.1, -0.05) is 13.8 Å². The van der Waals surface area contributed by atoms with E-state index in [4.69, 9.17) is 11.6 Å². The van der Waals surface area contributed by atoms with Gasteiger partial charge >= 0.3 is 6.18 Å². The van der Waals surface area contributed by atoms with Crippen LogP contribution in [0.25, 0.3) is 0 Å². The van der Waals surface area contributed by atoms with E-state index >= 15 is 0 Å². The lowest BCUT2D eigenvalue weighted by Gasteiger charge is -2.40. The average Bonchev–Trinajstić information content (AvgIpc) is 2.55. The van der Waals surface area contributed by atoms with Crippen molar-refractivity contribution in [3.05, 3.63) is 29.3 Å². The van der Waals surface area contributed by atoms with E-state index < -0.39 is 11.7 Å². The largest absolute Gasteiger partial charge is 0.416 e. The van der Waals surface area contributed by atoms with Crippen molar-refractivity contribution >= 4 is 17.3 Å². The minimum absolute atomic E-state index is 0.0853. The number of halogens is 4. The first-order chi connectivity index (χ1) is 11.8. The average molecular weight is 377 g/mol. The van der Waals surface area contributed by atoms with E-state index in [0.29, 0.717) is 17.5 Å². The predicted molar refractivity (Wildman–Crippen MR) is 98.3 cm³/mol. The predicted octanol–water partition coefficient (Wildman–Crippen LogP) is 5.39. The van der Waals surface area contributed by atoms with Gasteiger partial charge in [0.25, 0.3) is 0 Å². The van der Waals surface area contributed by atoms with E-state index in [2.05, 4.69) is 30.6 Å². The van der Waals surface area contributed by atoms with Crippen molar-refractivity contribution in [1.29, 1.82) is 0 Å². The van der Waals surface area contributed by atoms with Gasteiger partial charge in [-0.2, -0.15) is 13.2 Å². The molecule has 0 aromatic heterocycles. The van der Waals surface area contributed by atoms with Crippen molar-refractivity contribution in [3.8, 4) is 0 Å². The minimum Gasteiger partial charge on any atom is -0.368 e. The number of nitrogens with zero attached hydrogens (tertiary/aromatic N) is 2. The van der Waals surface area contributed by atoms with Crippen LogP contribution in [0.5, 0.6) is 0 Å². The van der Waals surface area contributed by atoms with E-state index in [0.717, 1.165) is 44.7 Å². The van der Waals surface area contributed by atoms with Gasteiger partial charge in [0.2, 0.25) is 0 Å². The molecule has 1 aromatic rings. The molecular formula is C19H28ClF3N2. The fourth-order valence-electron chi connectivity index (χ4n) is 3.70. The maximum Gasteiger partial charge on any atom is 0.416 e. The summed E-state index contributed by atoms with van der Waals surface area (Å²) in [6.45, 7) is 10.4. The Morgan fingerprint density at radius 3 is 2.36 bits per heavy atom. The normalized spacial score (nSPS) is 17.3. The highest BCUT2D eigenvalue weighted by molar-refractivity contribution is 6.17. The molecule has 0 amide bonds. The van der Waals surface area contributed by atoms with E-state index in [1.807, 2.05) is 0 Å². The molecule has 2 rings (SSSR count). The van der Waals surface area contributed by atoms with Gasteiger partial charge in [-0.25, -0.2) is 0 Å². The van der Waals surface area contributed by atoms with Crippen molar-refractivity contribution in [2.24, 2.45) is 5.92 Å². The van der Waals surface area contributed by atoms with Crippen LogP contribution in [-0.2, 0) is 12.1 Å². The Balaban J connectivity index is 2.15. The maximum absolute atomic E-state index is 13.0. The Labute approximate surface area is 153 Å². The lowest BCUT2D eigenvalue weighted by molar-refractivity contribution is -0.137. The molecule has 1 fully saturated rings. The quantitative estimate of drug-likeness (QED) is 0.614. The second kappa shape index (κ2) is 8.63. The third-order valence-corrected chi connectivity index (χ3v) is 5.11. The summed E-state index contributed by atoms with van der Waals surface area (Å²) < 4.78 is 38.9. The third-order valence-electron chi connectivity index (χ3n) is 4.82. The maximum atomic E-state index is 13.0. The monoisotopic (exact) mass is 376 g/mol. The number of benzene rings is 1. The number of hydrogen-bond donors (Lipinski definition) is 0. The summed E-state index contributed by atoms with van der Waals surface area (Å²) in [7, 11) is 0.